The van der Waals surface area contributed by atoms with E-state index in [1.807, 2.05) is 57.2 Å². The van der Waals surface area contributed by atoms with Gasteiger partial charge in [0.2, 0.25) is 5.91 Å². The summed E-state index contributed by atoms with van der Waals surface area (Å²) in [6, 6.07) is 2.09. The molecule has 0 aliphatic carbocycles. The predicted molar refractivity (Wildman–Crippen MR) is 155 cm³/mol. The lowest BCUT2D eigenvalue weighted by Crippen LogP contribution is -2.14. The van der Waals surface area contributed by atoms with E-state index in [0.717, 1.165) is 35.3 Å². The van der Waals surface area contributed by atoms with Gasteiger partial charge in [-0.3, -0.25) is 14.8 Å². The quantitative estimate of drug-likeness (QED) is 0.0494. The number of unbranched alkanes of at least 4 members (excludes halogenated alkanes) is 1. The number of thiophene rings is 1. The van der Waals surface area contributed by atoms with Gasteiger partial charge in [-0.15, -0.1) is 23.1 Å². The van der Waals surface area contributed by atoms with Crippen LogP contribution >= 0.6 is 23.1 Å². The highest BCUT2D eigenvalue weighted by atomic mass is 32.2. The van der Waals surface area contributed by atoms with Crippen molar-refractivity contribution in [1.82, 2.24) is 0 Å². The van der Waals surface area contributed by atoms with Crippen molar-refractivity contribution in [3.63, 3.8) is 0 Å². The largest absolute Gasteiger partial charge is 0.317 e. The van der Waals surface area contributed by atoms with Gasteiger partial charge >= 0.3 is 0 Å². The molecule has 0 saturated carbocycles. The number of hydrogen-bond donors (Lipinski definition) is 2. The van der Waals surface area contributed by atoms with Crippen LogP contribution in [0.5, 0.6) is 0 Å². The van der Waals surface area contributed by atoms with Gasteiger partial charge in [-0.1, -0.05) is 95.4 Å². The number of aldehydes is 1. The first-order valence-electron chi connectivity index (χ1n) is 11.7. The monoisotopic (exact) mass is 519 g/mol. The van der Waals surface area contributed by atoms with E-state index in [2.05, 4.69) is 42.8 Å². The maximum absolute atomic E-state index is 11.5. The fourth-order valence-corrected chi connectivity index (χ4v) is 3.66. The SMILES string of the molecule is C=CC(/C=C/C=C\C=C/CCC)=C\C=C\C=O.CC.CCc1cc(C)c(NC(=O)CSCOO)s1. The number of carbonyl (C=O) groups is 2. The van der Waals surface area contributed by atoms with Gasteiger partial charge in [-0.05, 0) is 43.0 Å². The minimum atomic E-state index is -0.0744. The molecule has 1 rings (SSSR count). The molecule has 1 amide bonds. The van der Waals surface area contributed by atoms with Crippen LogP contribution < -0.4 is 5.32 Å². The fourth-order valence-electron chi connectivity index (χ4n) is 2.22. The molecule has 7 heteroatoms. The molecule has 0 fully saturated rings. The Balaban J connectivity index is 0. The first-order valence-corrected chi connectivity index (χ1v) is 13.7. The van der Waals surface area contributed by atoms with Gasteiger partial charge in [0.15, 0.2) is 0 Å². The van der Waals surface area contributed by atoms with Crippen LogP contribution in [0.15, 0.2) is 79.0 Å². The zero-order chi connectivity index (χ0) is 26.7. The predicted octanol–water partition coefficient (Wildman–Crippen LogP) is 8.09. The zero-order valence-electron chi connectivity index (χ0n) is 21.7. The molecule has 0 radical (unpaired) electrons. The van der Waals surface area contributed by atoms with E-state index in [0.29, 0.717) is 0 Å². The van der Waals surface area contributed by atoms with Gasteiger partial charge in [-0.25, -0.2) is 4.89 Å². The smallest absolute Gasteiger partial charge is 0.235 e. The van der Waals surface area contributed by atoms with E-state index in [4.69, 9.17) is 5.26 Å². The summed E-state index contributed by atoms with van der Waals surface area (Å²) in [6.45, 7) is 13.9. The number of allylic oxidation sites excluding steroid dienone is 11. The average Bonchev–Trinajstić information content (AvgIpc) is 3.23. The molecule has 2 N–H and O–H groups in total. The van der Waals surface area contributed by atoms with Crippen molar-refractivity contribution in [1.29, 1.82) is 0 Å². The molecule has 0 aromatic carbocycles. The van der Waals surface area contributed by atoms with Crippen molar-refractivity contribution < 1.29 is 19.7 Å². The van der Waals surface area contributed by atoms with E-state index in [9.17, 15) is 9.59 Å². The van der Waals surface area contributed by atoms with Crippen molar-refractivity contribution in [3.8, 4) is 0 Å². The average molecular weight is 520 g/mol. The third-order valence-corrected chi connectivity index (χ3v) is 5.90. The lowest BCUT2D eigenvalue weighted by molar-refractivity contribution is -0.222. The summed E-state index contributed by atoms with van der Waals surface area (Å²) in [5, 5.41) is 11.9. The van der Waals surface area contributed by atoms with Crippen molar-refractivity contribution in [2.45, 2.75) is 53.9 Å². The molecule has 0 unspecified atom stereocenters. The number of aryl methyl sites for hydroxylation is 2. The molecule has 0 aliphatic rings. The highest BCUT2D eigenvalue weighted by Crippen LogP contribution is 2.27. The number of carbonyl (C=O) groups excluding carboxylic acids is 2. The molecule has 1 heterocycles. The number of anilines is 1. The minimum absolute atomic E-state index is 0.0744. The summed E-state index contributed by atoms with van der Waals surface area (Å²) in [5.74, 6) is 0.311. The molecule has 1 aromatic heterocycles. The molecule has 5 nitrogen and oxygen atoms in total. The van der Waals surface area contributed by atoms with Crippen LogP contribution in [-0.2, 0) is 20.9 Å². The summed E-state index contributed by atoms with van der Waals surface area (Å²) in [6.07, 6.45) is 22.7. The van der Waals surface area contributed by atoms with Gasteiger partial charge in [-0.2, -0.15) is 0 Å². The van der Waals surface area contributed by atoms with Gasteiger partial charge in [0, 0.05) is 4.88 Å². The number of nitrogens with one attached hydrogen (secondary N) is 1. The van der Waals surface area contributed by atoms with E-state index >= 15 is 0 Å². The third-order valence-electron chi connectivity index (χ3n) is 3.87. The maximum atomic E-state index is 11.5. The highest BCUT2D eigenvalue weighted by Gasteiger charge is 2.08. The van der Waals surface area contributed by atoms with Crippen LogP contribution in [0.3, 0.4) is 0 Å². The van der Waals surface area contributed by atoms with Crippen molar-refractivity contribution >= 4 is 40.3 Å². The lowest BCUT2D eigenvalue weighted by atomic mass is 10.2. The van der Waals surface area contributed by atoms with Crippen LogP contribution in [0.2, 0.25) is 0 Å². The molecule has 0 saturated heterocycles. The number of thioether (sulfide) groups is 1. The van der Waals surface area contributed by atoms with Crippen molar-refractivity contribution in [3.05, 3.63) is 89.4 Å². The molecule has 0 spiro atoms. The van der Waals surface area contributed by atoms with E-state index in [-0.39, 0.29) is 17.6 Å². The molecule has 0 aliphatic heterocycles. The highest BCUT2D eigenvalue weighted by molar-refractivity contribution is 7.99. The Morgan fingerprint density at radius 1 is 1.17 bits per heavy atom. The third kappa shape index (κ3) is 20.6. The normalized spacial score (nSPS) is 11.4. The Labute approximate surface area is 220 Å². The van der Waals surface area contributed by atoms with E-state index in [1.165, 1.54) is 29.1 Å². The molecule has 1 aromatic rings. The molecule has 194 valence electrons. The lowest BCUT2D eigenvalue weighted by Gasteiger charge is -2.02. The summed E-state index contributed by atoms with van der Waals surface area (Å²) in [4.78, 5) is 26.7. The molecule has 0 bridgehead atoms. The van der Waals surface area contributed by atoms with E-state index in [1.54, 1.807) is 23.5 Å². The second-order valence-corrected chi connectivity index (χ2v) is 8.64. The first kappa shape index (κ1) is 34.7. The molecular formula is C28H41NO4S2. The molecular weight excluding hydrogens is 478 g/mol. The maximum Gasteiger partial charge on any atom is 0.235 e. The Hall–Kier alpha value is -2.45. The summed E-state index contributed by atoms with van der Waals surface area (Å²) in [7, 11) is 0. The van der Waals surface area contributed by atoms with Gasteiger partial charge in [0.25, 0.3) is 0 Å². The minimum Gasteiger partial charge on any atom is -0.317 e. The van der Waals surface area contributed by atoms with E-state index < -0.39 is 0 Å². The van der Waals surface area contributed by atoms with Crippen LogP contribution in [-0.4, -0.2) is 29.1 Å². The van der Waals surface area contributed by atoms with Crippen LogP contribution in [0, 0.1) is 6.92 Å². The standard InChI is InChI=1S/C16H20O.C10H15NO3S2.C2H6/c1-3-5-6-7-8-9-10-13-16(4-2)14-11-12-15-17;1-3-8-4-7(2)10(16-8)11-9(12)5-15-6-14-13;1-2/h4,6-15H,2-3,5H2,1H3;4,13H,3,5-6H2,1-2H3,(H,11,12);1-2H3/b7-6-,9-8-,12-11+,13-10+,16-14+;;. The topological polar surface area (TPSA) is 75.6 Å². The number of hydrogen-bond acceptors (Lipinski definition) is 6. The summed E-state index contributed by atoms with van der Waals surface area (Å²) < 4.78 is 0. The van der Waals surface area contributed by atoms with Crippen LogP contribution in [0.4, 0.5) is 5.00 Å². The van der Waals surface area contributed by atoms with Gasteiger partial charge in [0.1, 0.15) is 12.2 Å². The van der Waals surface area contributed by atoms with Gasteiger partial charge in [0.05, 0.1) is 10.8 Å². The zero-order valence-corrected chi connectivity index (χ0v) is 23.3. The van der Waals surface area contributed by atoms with Crippen molar-refractivity contribution in [2.24, 2.45) is 0 Å². The second kappa shape index (κ2) is 26.2. The van der Waals surface area contributed by atoms with Gasteiger partial charge < -0.3 is 5.32 Å². The van der Waals surface area contributed by atoms with Crippen LogP contribution in [0.1, 0.15) is 51.0 Å². The number of rotatable bonds is 14. The Bertz CT molecular complexity index is 849. The molecule has 35 heavy (non-hydrogen) atoms. The Morgan fingerprint density at radius 3 is 2.46 bits per heavy atom. The number of amides is 1. The van der Waals surface area contributed by atoms with Crippen molar-refractivity contribution in [2.75, 3.05) is 17.0 Å². The second-order valence-electron chi connectivity index (χ2n) is 6.57. The Kier molecular flexibility index (Phi) is 25.9. The molecule has 0 atom stereocenters. The Morgan fingerprint density at radius 2 is 1.89 bits per heavy atom. The van der Waals surface area contributed by atoms with Crippen LogP contribution in [0.25, 0.3) is 0 Å². The summed E-state index contributed by atoms with van der Waals surface area (Å²) in [5.41, 5.74) is 2.06. The fraction of sp³-hybridized carbons (Fsp3) is 0.357. The summed E-state index contributed by atoms with van der Waals surface area (Å²) >= 11 is 2.82. The first-order chi connectivity index (χ1) is 17.0.